The van der Waals surface area contributed by atoms with Crippen molar-refractivity contribution in [2.45, 2.75) is 56.5 Å². The second-order valence-corrected chi connectivity index (χ2v) is 12.3. The third kappa shape index (κ3) is 6.05. The van der Waals surface area contributed by atoms with Crippen LogP contribution in [0.3, 0.4) is 0 Å². The molecule has 0 saturated heterocycles. The van der Waals surface area contributed by atoms with E-state index in [0.29, 0.717) is 25.7 Å². The van der Waals surface area contributed by atoms with E-state index in [2.05, 4.69) is 15.0 Å². The number of aromatic amines is 1. The molecule has 0 radical (unpaired) electrons. The van der Waals surface area contributed by atoms with E-state index in [1.54, 1.807) is 31.4 Å². The first kappa shape index (κ1) is 27.9. The number of fused-ring (bicyclic) bond motifs is 1. The van der Waals surface area contributed by atoms with E-state index in [4.69, 9.17) is 4.74 Å². The van der Waals surface area contributed by atoms with Gasteiger partial charge in [-0.25, -0.2) is 17.5 Å². The van der Waals surface area contributed by atoms with Gasteiger partial charge in [0.05, 0.1) is 18.0 Å². The maximum absolute atomic E-state index is 13.2. The summed E-state index contributed by atoms with van der Waals surface area (Å²) in [5.74, 6) is 0.229. The smallest absolute Gasteiger partial charge is 0.240 e. The average molecular weight is 564 g/mol. The fraction of sp³-hybridized carbons (Fsp3) is 0.323. The lowest BCUT2D eigenvalue weighted by atomic mass is 9.85. The van der Waals surface area contributed by atoms with Crippen LogP contribution in [-0.2, 0) is 14.8 Å². The molecule has 1 aliphatic rings. The number of benzene rings is 3. The van der Waals surface area contributed by atoms with E-state index < -0.39 is 10.0 Å². The van der Waals surface area contributed by atoms with E-state index in [1.807, 2.05) is 44.2 Å². The highest BCUT2D eigenvalue weighted by Crippen LogP contribution is 2.31. The molecule has 1 fully saturated rings. The number of methoxy groups -OCH3 is 1. The summed E-state index contributed by atoms with van der Waals surface area (Å²) >= 11 is 0. The van der Waals surface area contributed by atoms with Crippen molar-refractivity contribution in [1.29, 1.82) is 0 Å². The molecule has 4 aromatic rings. The van der Waals surface area contributed by atoms with Crippen molar-refractivity contribution in [2.24, 2.45) is 5.92 Å². The normalized spacial score (nSPS) is 18.4. The minimum atomic E-state index is -3.74. The number of ether oxygens (including phenoxy) is 1. The molecular formula is C31H34FN3O4S. The van der Waals surface area contributed by atoms with Crippen LogP contribution in [0.1, 0.15) is 49.8 Å². The second-order valence-electron chi connectivity index (χ2n) is 10.6. The van der Waals surface area contributed by atoms with Crippen LogP contribution in [-0.4, -0.2) is 32.5 Å². The summed E-state index contributed by atoms with van der Waals surface area (Å²) in [5.41, 5.74) is 4.55. The number of amides is 1. The first-order valence-electron chi connectivity index (χ1n) is 13.5. The molecule has 1 aromatic heterocycles. The number of aromatic nitrogens is 1. The molecule has 0 bridgehead atoms. The molecule has 9 heteroatoms. The van der Waals surface area contributed by atoms with Gasteiger partial charge in [-0.05, 0) is 99.2 Å². The zero-order valence-electron chi connectivity index (χ0n) is 22.8. The summed E-state index contributed by atoms with van der Waals surface area (Å²) in [7, 11) is -2.10. The number of halogens is 1. The van der Waals surface area contributed by atoms with E-state index >= 15 is 0 Å². The summed E-state index contributed by atoms with van der Waals surface area (Å²) in [4.78, 5) is 16.4. The molecule has 1 atom stereocenters. The molecule has 0 unspecified atom stereocenters. The number of sulfonamides is 1. The van der Waals surface area contributed by atoms with Crippen LogP contribution in [0.15, 0.2) is 71.6 Å². The lowest BCUT2D eigenvalue weighted by molar-refractivity contribution is -0.126. The second kappa shape index (κ2) is 11.4. The molecule has 1 amide bonds. The maximum Gasteiger partial charge on any atom is 0.240 e. The van der Waals surface area contributed by atoms with Crippen LogP contribution in [0.5, 0.6) is 5.75 Å². The summed E-state index contributed by atoms with van der Waals surface area (Å²) in [6.07, 6.45) is 2.34. The van der Waals surface area contributed by atoms with E-state index in [0.717, 1.165) is 39.0 Å². The lowest BCUT2D eigenvalue weighted by Crippen LogP contribution is -2.41. The van der Waals surface area contributed by atoms with Crippen molar-refractivity contribution >= 4 is 26.8 Å². The minimum Gasteiger partial charge on any atom is -0.497 e. The molecule has 0 aliphatic heterocycles. The summed E-state index contributed by atoms with van der Waals surface area (Å²) < 4.78 is 47.8. The van der Waals surface area contributed by atoms with Crippen molar-refractivity contribution in [2.75, 3.05) is 7.11 Å². The fourth-order valence-corrected chi connectivity index (χ4v) is 6.74. The number of nitrogens with one attached hydrogen (secondary N) is 3. The summed E-state index contributed by atoms with van der Waals surface area (Å²) in [5, 5.41) is 3.93. The minimum absolute atomic E-state index is 0.0572. The lowest BCUT2D eigenvalue weighted by Gasteiger charge is -2.29. The Balaban J connectivity index is 1.21. The van der Waals surface area contributed by atoms with Crippen molar-refractivity contribution in [1.82, 2.24) is 15.0 Å². The first-order chi connectivity index (χ1) is 19.1. The van der Waals surface area contributed by atoms with Gasteiger partial charge in [-0.15, -0.1) is 0 Å². The van der Waals surface area contributed by atoms with Crippen LogP contribution in [0.2, 0.25) is 0 Å². The molecule has 0 spiro atoms. The number of aryl methyl sites for hydroxylation is 1. The number of hydrogen-bond donors (Lipinski definition) is 3. The zero-order valence-corrected chi connectivity index (χ0v) is 23.6. The molecular weight excluding hydrogens is 529 g/mol. The summed E-state index contributed by atoms with van der Waals surface area (Å²) in [6.45, 7) is 3.88. The Morgan fingerprint density at radius 3 is 2.40 bits per heavy atom. The molecule has 40 heavy (non-hydrogen) atoms. The van der Waals surface area contributed by atoms with Gasteiger partial charge in [-0.3, -0.25) is 4.79 Å². The van der Waals surface area contributed by atoms with Crippen molar-refractivity contribution < 1.29 is 22.3 Å². The highest BCUT2D eigenvalue weighted by Gasteiger charge is 2.30. The fourth-order valence-electron chi connectivity index (χ4n) is 5.41. The predicted molar refractivity (Wildman–Crippen MR) is 154 cm³/mol. The highest BCUT2D eigenvalue weighted by molar-refractivity contribution is 7.89. The van der Waals surface area contributed by atoms with Crippen LogP contribution in [0.4, 0.5) is 4.39 Å². The third-order valence-electron chi connectivity index (χ3n) is 7.78. The van der Waals surface area contributed by atoms with Gasteiger partial charge in [-0.1, -0.05) is 18.2 Å². The molecule has 3 N–H and O–H groups in total. The van der Waals surface area contributed by atoms with Crippen LogP contribution >= 0.6 is 0 Å². The molecule has 5 rings (SSSR count). The standard InChI is InChI=1S/C31H34FN3O4S/c1-19-16-26(39-3)13-15-28(19)30-17-23-8-14-27(18-29(23)34-30)40(37,38)35-25-11-6-22(7-12-25)31(36)33-20(2)21-4-9-24(32)10-5-21/h4-5,8-10,13-18,20,22,25,34-35H,6-7,11-12H2,1-3H3,(H,33,36)/t20-,22?,25?/m1/s1. The highest BCUT2D eigenvalue weighted by atomic mass is 32.2. The topological polar surface area (TPSA) is 100 Å². The Labute approximate surface area is 234 Å². The molecule has 210 valence electrons. The molecule has 1 aliphatic carbocycles. The predicted octanol–water partition coefficient (Wildman–Crippen LogP) is 6.01. The van der Waals surface area contributed by atoms with Crippen LogP contribution in [0, 0.1) is 18.7 Å². The quantitative estimate of drug-likeness (QED) is 0.245. The Bertz CT molecular complexity index is 1620. The number of carbonyl (C=O) groups excluding carboxylic acids is 1. The largest absolute Gasteiger partial charge is 0.497 e. The van der Waals surface area contributed by atoms with Gasteiger partial charge in [0.1, 0.15) is 11.6 Å². The van der Waals surface area contributed by atoms with Crippen LogP contribution in [0.25, 0.3) is 22.2 Å². The average Bonchev–Trinajstić information content (AvgIpc) is 3.36. The van der Waals surface area contributed by atoms with E-state index in [-0.39, 0.29) is 34.6 Å². The molecule has 3 aromatic carbocycles. The Morgan fingerprint density at radius 1 is 1.00 bits per heavy atom. The Morgan fingerprint density at radius 2 is 1.73 bits per heavy atom. The van der Waals surface area contributed by atoms with Crippen molar-refractivity contribution in [3.63, 3.8) is 0 Å². The number of H-pyrrole nitrogens is 1. The maximum atomic E-state index is 13.2. The number of carbonyl (C=O) groups is 1. The molecule has 1 saturated carbocycles. The number of hydrogen-bond acceptors (Lipinski definition) is 4. The van der Waals surface area contributed by atoms with Gasteiger partial charge in [0, 0.05) is 34.1 Å². The molecule has 7 nitrogen and oxygen atoms in total. The van der Waals surface area contributed by atoms with Gasteiger partial charge in [0.15, 0.2) is 0 Å². The SMILES string of the molecule is COc1ccc(-c2cc3ccc(S(=O)(=O)NC4CCC(C(=O)N[C@H](C)c5ccc(F)cc5)CC4)cc3[nH]2)c(C)c1. The third-order valence-corrected chi connectivity index (χ3v) is 9.29. The van der Waals surface area contributed by atoms with E-state index in [1.165, 1.54) is 12.1 Å². The Hall–Kier alpha value is -3.69. The molecule has 1 heterocycles. The van der Waals surface area contributed by atoms with E-state index in [9.17, 15) is 17.6 Å². The van der Waals surface area contributed by atoms with Crippen molar-refractivity contribution in [3.05, 3.63) is 83.7 Å². The first-order valence-corrected chi connectivity index (χ1v) is 15.0. The number of rotatable bonds is 8. The van der Waals surface area contributed by atoms with Gasteiger partial charge in [0.2, 0.25) is 15.9 Å². The zero-order chi connectivity index (χ0) is 28.4. The Kier molecular flexibility index (Phi) is 7.96. The summed E-state index contributed by atoms with van der Waals surface area (Å²) in [6, 6.07) is 18.6. The van der Waals surface area contributed by atoms with Crippen LogP contribution < -0.4 is 14.8 Å². The van der Waals surface area contributed by atoms with Gasteiger partial charge >= 0.3 is 0 Å². The monoisotopic (exact) mass is 563 g/mol. The van der Waals surface area contributed by atoms with Gasteiger partial charge < -0.3 is 15.0 Å². The van der Waals surface area contributed by atoms with Gasteiger partial charge in [0.25, 0.3) is 0 Å². The van der Waals surface area contributed by atoms with Gasteiger partial charge in [-0.2, -0.15) is 0 Å². The van der Waals surface area contributed by atoms with Crippen molar-refractivity contribution in [3.8, 4) is 17.0 Å².